The van der Waals surface area contributed by atoms with Gasteiger partial charge in [-0.3, -0.25) is 0 Å². The highest BCUT2D eigenvalue weighted by molar-refractivity contribution is 5.45. The molecule has 0 aliphatic heterocycles. The van der Waals surface area contributed by atoms with Gasteiger partial charge in [-0.15, -0.1) is 0 Å². The van der Waals surface area contributed by atoms with Gasteiger partial charge in [0.05, 0.1) is 0 Å². The average molecular weight is 167 g/mol. The Bertz CT molecular complexity index is 220. The van der Waals surface area contributed by atoms with Crippen LogP contribution < -0.4 is 5.32 Å². The lowest BCUT2D eigenvalue weighted by atomic mass is 10.3. The van der Waals surface area contributed by atoms with Crippen molar-refractivity contribution in [3.05, 3.63) is 24.3 Å². The monoisotopic (exact) mass is 167 g/mol. The summed E-state index contributed by atoms with van der Waals surface area (Å²) in [5.41, 5.74) is 0.959. The summed E-state index contributed by atoms with van der Waals surface area (Å²) in [5.74, 6) is 0.266. The third kappa shape index (κ3) is 2.80. The van der Waals surface area contributed by atoms with Gasteiger partial charge in [0.25, 0.3) is 0 Å². The molecule has 12 heavy (non-hydrogen) atoms. The molecule has 0 aliphatic carbocycles. The second kappa shape index (κ2) is 4.62. The molecule has 1 aromatic rings. The summed E-state index contributed by atoms with van der Waals surface area (Å²) < 4.78 is 0. The van der Waals surface area contributed by atoms with Crippen LogP contribution in [0.4, 0.5) is 5.69 Å². The number of anilines is 1. The number of phenolic OH excluding ortho intramolecular Hbond substituents is 1. The molecule has 0 fully saturated rings. The first-order valence-corrected chi connectivity index (χ1v) is 3.96. The number of nitrogens with one attached hydrogen (secondary N) is 1. The van der Waals surface area contributed by atoms with Crippen LogP contribution in [0.2, 0.25) is 0 Å². The minimum Gasteiger partial charge on any atom is -0.508 e. The quantitative estimate of drug-likeness (QED) is 0.466. The molecule has 1 aromatic carbocycles. The summed E-state index contributed by atoms with van der Waals surface area (Å²) in [6.45, 7) is 0.951. The molecular weight excluding hydrogens is 154 g/mol. The SMILES string of the molecule is OCCCNc1ccc(O)cc1. The van der Waals surface area contributed by atoms with Crippen molar-refractivity contribution in [2.24, 2.45) is 0 Å². The largest absolute Gasteiger partial charge is 0.508 e. The van der Waals surface area contributed by atoms with Gasteiger partial charge in [0, 0.05) is 18.8 Å². The van der Waals surface area contributed by atoms with Gasteiger partial charge in [0.15, 0.2) is 0 Å². The fourth-order valence-electron chi connectivity index (χ4n) is 0.891. The van der Waals surface area contributed by atoms with E-state index in [2.05, 4.69) is 5.32 Å². The number of aliphatic hydroxyl groups is 1. The predicted octanol–water partition coefficient (Wildman–Crippen LogP) is 1.19. The lowest BCUT2D eigenvalue weighted by Gasteiger charge is -2.04. The Hall–Kier alpha value is -1.22. The fraction of sp³-hybridized carbons (Fsp3) is 0.333. The van der Waals surface area contributed by atoms with Crippen molar-refractivity contribution in [1.29, 1.82) is 0 Å². The zero-order valence-electron chi connectivity index (χ0n) is 6.83. The van der Waals surface area contributed by atoms with E-state index in [9.17, 15) is 0 Å². The molecule has 0 saturated heterocycles. The Morgan fingerprint density at radius 1 is 1.17 bits per heavy atom. The molecule has 0 radical (unpaired) electrons. The van der Waals surface area contributed by atoms with Gasteiger partial charge in [-0.25, -0.2) is 0 Å². The number of hydrogen-bond acceptors (Lipinski definition) is 3. The van der Waals surface area contributed by atoms with Crippen LogP contribution in [0.1, 0.15) is 6.42 Å². The first-order valence-electron chi connectivity index (χ1n) is 3.96. The minimum atomic E-state index is 0.199. The number of aromatic hydroxyl groups is 1. The molecule has 0 amide bonds. The summed E-state index contributed by atoms with van der Waals surface area (Å²) >= 11 is 0. The maximum atomic E-state index is 8.96. The molecular formula is C9H13NO2. The molecule has 0 bridgehead atoms. The smallest absolute Gasteiger partial charge is 0.115 e. The summed E-state index contributed by atoms with van der Waals surface area (Å²) in [6, 6.07) is 6.85. The van der Waals surface area contributed by atoms with Gasteiger partial charge in [-0.1, -0.05) is 0 Å². The maximum absolute atomic E-state index is 8.96. The van der Waals surface area contributed by atoms with E-state index >= 15 is 0 Å². The van der Waals surface area contributed by atoms with Gasteiger partial charge in [-0.2, -0.15) is 0 Å². The van der Waals surface area contributed by atoms with E-state index < -0.39 is 0 Å². The van der Waals surface area contributed by atoms with Crippen LogP contribution in [0.15, 0.2) is 24.3 Å². The molecule has 3 nitrogen and oxygen atoms in total. The molecule has 1 rings (SSSR count). The second-order valence-electron chi connectivity index (χ2n) is 2.55. The molecule has 3 heteroatoms. The summed E-state index contributed by atoms with van der Waals surface area (Å²) in [6.07, 6.45) is 0.737. The van der Waals surface area contributed by atoms with Crippen molar-refractivity contribution in [2.75, 3.05) is 18.5 Å². The van der Waals surface area contributed by atoms with E-state index in [0.29, 0.717) is 0 Å². The molecule has 0 aliphatic rings. The molecule has 0 saturated carbocycles. The van der Waals surface area contributed by atoms with Crippen molar-refractivity contribution < 1.29 is 10.2 Å². The zero-order chi connectivity index (χ0) is 8.81. The number of benzene rings is 1. The average Bonchev–Trinajstić information content (AvgIpc) is 2.09. The molecule has 3 N–H and O–H groups in total. The van der Waals surface area contributed by atoms with E-state index in [1.54, 1.807) is 24.3 Å². The zero-order valence-corrected chi connectivity index (χ0v) is 6.83. The third-order valence-electron chi connectivity index (χ3n) is 1.53. The molecule has 0 unspecified atom stereocenters. The number of phenols is 1. The molecule has 0 atom stereocenters. The van der Waals surface area contributed by atoms with Crippen LogP contribution in [0, 0.1) is 0 Å². The van der Waals surface area contributed by atoms with E-state index in [1.165, 1.54) is 0 Å². The topological polar surface area (TPSA) is 52.5 Å². The van der Waals surface area contributed by atoms with Gasteiger partial charge < -0.3 is 15.5 Å². The normalized spacial score (nSPS) is 9.75. The first-order chi connectivity index (χ1) is 5.83. The first kappa shape index (κ1) is 8.87. The minimum absolute atomic E-state index is 0.199. The van der Waals surface area contributed by atoms with Crippen molar-refractivity contribution >= 4 is 5.69 Å². The fourth-order valence-corrected chi connectivity index (χ4v) is 0.891. The van der Waals surface area contributed by atoms with Gasteiger partial charge >= 0.3 is 0 Å². The van der Waals surface area contributed by atoms with Crippen LogP contribution in [0.3, 0.4) is 0 Å². The van der Waals surface area contributed by atoms with Crippen LogP contribution in [-0.4, -0.2) is 23.4 Å². The van der Waals surface area contributed by atoms with E-state index in [4.69, 9.17) is 10.2 Å². The summed E-state index contributed by atoms with van der Waals surface area (Å²) in [4.78, 5) is 0. The Labute approximate surface area is 71.7 Å². The highest BCUT2D eigenvalue weighted by Crippen LogP contribution is 2.13. The lowest BCUT2D eigenvalue weighted by molar-refractivity contribution is 0.292. The predicted molar refractivity (Wildman–Crippen MR) is 48.3 cm³/mol. The van der Waals surface area contributed by atoms with Crippen molar-refractivity contribution in [2.45, 2.75) is 6.42 Å². The third-order valence-corrected chi connectivity index (χ3v) is 1.53. The van der Waals surface area contributed by atoms with E-state index in [-0.39, 0.29) is 12.4 Å². The Morgan fingerprint density at radius 2 is 1.83 bits per heavy atom. The Morgan fingerprint density at radius 3 is 2.42 bits per heavy atom. The number of rotatable bonds is 4. The standard InChI is InChI=1S/C9H13NO2/c11-7-1-6-10-8-2-4-9(12)5-3-8/h2-5,10-12H,1,6-7H2. The van der Waals surface area contributed by atoms with Crippen LogP contribution in [-0.2, 0) is 0 Å². The van der Waals surface area contributed by atoms with Crippen molar-refractivity contribution in [1.82, 2.24) is 0 Å². The summed E-state index contributed by atoms with van der Waals surface area (Å²) in [5, 5.41) is 20.6. The van der Waals surface area contributed by atoms with Crippen LogP contribution >= 0.6 is 0 Å². The van der Waals surface area contributed by atoms with E-state index in [1.807, 2.05) is 0 Å². The van der Waals surface area contributed by atoms with Crippen LogP contribution in [0.5, 0.6) is 5.75 Å². The molecule has 0 aromatic heterocycles. The Kier molecular flexibility index (Phi) is 3.41. The number of aliphatic hydroxyl groups excluding tert-OH is 1. The van der Waals surface area contributed by atoms with Crippen LogP contribution in [0.25, 0.3) is 0 Å². The highest BCUT2D eigenvalue weighted by Gasteiger charge is 1.90. The second-order valence-corrected chi connectivity index (χ2v) is 2.55. The van der Waals surface area contributed by atoms with E-state index in [0.717, 1.165) is 18.7 Å². The number of hydrogen-bond donors (Lipinski definition) is 3. The highest BCUT2D eigenvalue weighted by atomic mass is 16.3. The summed E-state index contributed by atoms with van der Waals surface area (Å²) in [7, 11) is 0. The van der Waals surface area contributed by atoms with Gasteiger partial charge in [-0.05, 0) is 30.7 Å². The Balaban J connectivity index is 2.37. The molecule has 66 valence electrons. The van der Waals surface area contributed by atoms with Gasteiger partial charge in [0.1, 0.15) is 5.75 Å². The maximum Gasteiger partial charge on any atom is 0.115 e. The van der Waals surface area contributed by atoms with Gasteiger partial charge in [0.2, 0.25) is 0 Å². The van der Waals surface area contributed by atoms with Crippen molar-refractivity contribution in [3.8, 4) is 5.75 Å². The molecule has 0 heterocycles. The molecule has 0 spiro atoms. The lowest BCUT2D eigenvalue weighted by Crippen LogP contribution is -2.02. The van der Waals surface area contributed by atoms with Crippen molar-refractivity contribution in [3.63, 3.8) is 0 Å².